The zero-order valence-electron chi connectivity index (χ0n) is 23.5. The Bertz CT molecular complexity index is 1720. The first-order valence-electron chi connectivity index (χ1n) is 13.0. The molecule has 0 saturated heterocycles. The van der Waals surface area contributed by atoms with Crippen molar-refractivity contribution in [2.45, 2.75) is 13.8 Å². The van der Waals surface area contributed by atoms with E-state index >= 15 is 0 Å². The minimum atomic E-state index is -0.559. The van der Waals surface area contributed by atoms with Gasteiger partial charge >= 0.3 is 5.97 Å². The number of carbonyl (C=O) groups excluding carboxylic acids is 2. The molecule has 42 heavy (non-hydrogen) atoms. The summed E-state index contributed by atoms with van der Waals surface area (Å²) in [5.41, 5.74) is 4.91. The van der Waals surface area contributed by atoms with Crippen molar-refractivity contribution in [3.05, 3.63) is 108 Å². The molecule has 0 saturated carbocycles. The molecule has 0 radical (unpaired) electrons. The smallest absolute Gasteiger partial charge is 0.309 e. The van der Waals surface area contributed by atoms with Crippen LogP contribution in [0.25, 0.3) is 28.1 Å². The minimum Gasteiger partial charge on any atom is -0.497 e. The maximum Gasteiger partial charge on any atom is 0.309 e. The fraction of sp³-hybridized carbons (Fsp3) is 0.121. The predicted molar refractivity (Wildman–Crippen MR) is 158 cm³/mol. The molecular weight excluding hydrogens is 537 g/mol. The van der Waals surface area contributed by atoms with Crippen LogP contribution in [0.1, 0.15) is 22.8 Å². The Balaban J connectivity index is 1.64. The van der Waals surface area contributed by atoms with Crippen LogP contribution in [-0.4, -0.2) is 35.9 Å². The van der Waals surface area contributed by atoms with E-state index in [-0.39, 0.29) is 11.8 Å². The second kappa shape index (κ2) is 12.0. The van der Waals surface area contributed by atoms with Gasteiger partial charge in [0.1, 0.15) is 23.0 Å². The average molecular weight is 566 g/mol. The SMILES string of the molecule is COc1cc(OC)cc(-c2nn(-c3ccc(F)cc3)c(OC(C)=O)c2-c2ccc(NC(=O)c3ccc(C)cc3)cc2)c1. The van der Waals surface area contributed by atoms with Crippen molar-refractivity contribution in [2.75, 3.05) is 19.5 Å². The molecule has 8 nitrogen and oxygen atoms in total. The lowest BCUT2D eigenvalue weighted by molar-refractivity contribution is -0.132. The van der Waals surface area contributed by atoms with Crippen molar-refractivity contribution in [3.63, 3.8) is 0 Å². The van der Waals surface area contributed by atoms with Crippen LogP contribution in [0.5, 0.6) is 17.4 Å². The quantitative estimate of drug-likeness (QED) is 0.207. The number of anilines is 1. The van der Waals surface area contributed by atoms with Crippen LogP contribution < -0.4 is 19.5 Å². The standard InChI is InChI=1S/C33H28FN3O5/c1-20-5-7-23(8-6-20)32(39)35-26-13-9-22(10-14-26)30-31(24-17-28(40-3)19-29(18-24)41-4)36-37(33(30)42-21(2)38)27-15-11-25(34)12-16-27/h5-19H,1-4H3,(H,35,39). The van der Waals surface area contributed by atoms with E-state index in [9.17, 15) is 14.0 Å². The molecule has 1 N–H and O–H groups in total. The Labute approximate surface area is 242 Å². The van der Waals surface area contributed by atoms with Gasteiger partial charge in [-0.25, -0.2) is 4.39 Å². The Hall–Kier alpha value is -5.44. The summed E-state index contributed by atoms with van der Waals surface area (Å²) in [5, 5.41) is 7.72. The lowest BCUT2D eigenvalue weighted by Crippen LogP contribution is -2.11. The number of nitrogens with one attached hydrogen (secondary N) is 1. The maximum absolute atomic E-state index is 13.8. The van der Waals surface area contributed by atoms with E-state index in [0.717, 1.165) is 5.56 Å². The number of hydrogen-bond donors (Lipinski definition) is 1. The highest BCUT2D eigenvalue weighted by Crippen LogP contribution is 2.43. The van der Waals surface area contributed by atoms with Gasteiger partial charge in [0.2, 0.25) is 5.88 Å². The number of halogens is 1. The number of nitrogens with zero attached hydrogens (tertiary/aromatic N) is 2. The molecule has 1 aromatic heterocycles. The molecule has 0 atom stereocenters. The molecule has 5 rings (SSSR count). The van der Waals surface area contributed by atoms with Crippen LogP contribution in [0.4, 0.5) is 10.1 Å². The van der Waals surface area contributed by atoms with Gasteiger partial charge in [-0.2, -0.15) is 9.78 Å². The van der Waals surface area contributed by atoms with Crippen molar-refractivity contribution in [1.82, 2.24) is 9.78 Å². The highest BCUT2D eigenvalue weighted by Gasteiger charge is 2.25. The van der Waals surface area contributed by atoms with Crippen molar-refractivity contribution < 1.29 is 28.2 Å². The first-order valence-corrected chi connectivity index (χ1v) is 13.0. The molecular formula is C33H28FN3O5. The molecule has 0 aliphatic rings. The molecule has 4 aromatic carbocycles. The zero-order valence-corrected chi connectivity index (χ0v) is 23.5. The van der Waals surface area contributed by atoms with Gasteiger partial charge in [0.05, 0.1) is 25.5 Å². The summed E-state index contributed by atoms with van der Waals surface area (Å²) in [6.07, 6.45) is 0. The number of hydrogen-bond acceptors (Lipinski definition) is 6. The van der Waals surface area contributed by atoms with Gasteiger partial charge in [0.25, 0.3) is 5.91 Å². The molecule has 0 unspecified atom stereocenters. The highest BCUT2D eigenvalue weighted by molar-refractivity contribution is 6.04. The van der Waals surface area contributed by atoms with Crippen LogP contribution in [0.3, 0.4) is 0 Å². The number of amides is 1. The van der Waals surface area contributed by atoms with Gasteiger partial charge in [0, 0.05) is 29.8 Å². The topological polar surface area (TPSA) is 91.7 Å². The summed E-state index contributed by atoms with van der Waals surface area (Å²) in [4.78, 5) is 25.1. The number of benzene rings is 4. The summed E-state index contributed by atoms with van der Waals surface area (Å²) in [6, 6.07) is 25.4. The van der Waals surface area contributed by atoms with Crippen molar-refractivity contribution in [1.29, 1.82) is 0 Å². The van der Waals surface area contributed by atoms with Gasteiger partial charge in [0.15, 0.2) is 0 Å². The first-order chi connectivity index (χ1) is 20.2. The zero-order chi connectivity index (χ0) is 29.8. The molecule has 0 fully saturated rings. The van der Waals surface area contributed by atoms with Gasteiger partial charge in [-0.3, -0.25) is 9.59 Å². The van der Waals surface area contributed by atoms with E-state index < -0.39 is 11.8 Å². The van der Waals surface area contributed by atoms with Gasteiger partial charge in [-0.15, -0.1) is 0 Å². The lowest BCUT2D eigenvalue weighted by atomic mass is 10.0. The van der Waals surface area contributed by atoms with Gasteiger partial charge in [-0.1, -0.05) is 29.8 Å². The molecule has 0 aliphatic carbocycles. The van der Waals surface area contributed by atoms with Crippen LogP contribution in [0.2, 0.25) is 0 Å². The summed E-state index contributed by atoms with van der Waals surface area (Å²) < 4.78 is 31.9. The molecule has 9 heteroatoms. The molecule has 1 heterocycles. The molecule has 0 spiro atoms. The Morgan fingerprint density at radius 3 is 2.00 bits per heavy atom. The van der Waals surface area contributed by atoms with E-state index in [1.165, 1.54) is 23.7 Å². The lowest BCUT2D eigenvalue weighted by Gasteiger charge is -2.11. The second-order valence-electron chi connectivity index (χ2n) is 9.51. The molecule has 0 bridgehead atoms. The average Bonchev–Trinajstić information content (AvgIpc) is 3.36. The maximum atomic E-state index is 13.8. The number of ether oxygens (including phenoxy) is 3. The summed E-state index contributed by atoms with van der Waals surface area (Å²) in [6.45, 7) is 3.25. The van der Waals surface area contributed by atoms with Crippen molar-refractivity contribution in [3.8, 4) is 45.5 Å². The third-order valence-electron chi connectivity index (χ3n) is 6.52. The largest absolute Gasteiger partial charge is 0.497 e. The Kier molecular flexibility index (Phi) is 8.01. The van der Waals surface area contributed by atoms with E-state index in [4.69, 9.17) is 19.3 Å². The normalized spacial score (nSPS) is 10.7. The summed E-state index contributed by atoms with van der Waals surface area (Å²) >= 11 is 0. The molecule has 1 amide bonds. The molecule has 0 aliphatic heterocycles. The van der Waals surface area contributed by atoms with Crippen molar-refractivity contribution >= 4 is 17.6 Å². The predicted octanol–water partition coefficient (Wildman–Crippen LogP) is 6.85. The van der Waals surface area contributed by atoms with Crippen LogP contribution in [0.15, 0.2) is 91.0 Å². The number of aromatic nitrogens is 2. The number of aryl methyl sites for hydroxylation is 1. The third kappa shape index (κ3) is 6.00. The monoisotopic (exact) mass is 565 g/mol. The van der Waals surface area contributed by atoms with Gasteiger partial charge in [-0.05, 0) is 73.2 Å². The second-order valence-corrected chi connectivity index (χ2v) is 9.51. The number of esters is 1. The van der Waals surface area contributed by atoms with Crippen LogP contribution in [0, 0.1) is 12.7 Å². The fourth-order valence-electron chi connectivity index (χ4n) is 4.43. The fourth-order valence-corrected chi connectivity index (χ4v) is 4.43. The van der Waals surface area contributed by atoms with Crippen molar-refractivity contribution in [2.24, 2.45) is 0 Å². The van der Waals surface area contributed by atoms with E-state index in [1.807, 2.05) is 19.1 Å². The van der Waals surface area contributed by atoms with Crippen LogP contribution in [-0.2, 0) is 4.79 Å². The van der Waals surface area contributed by atoms with Crippen LogP contribution >= 0.6 is 0 Å². The Morgan fingerprint density at radius 2 is 1.43 bits per heavy atom. The first kappa shape index (κ1) is 28.1. The Morgan fingerprint density at radius 1 is 0.810 bits per heavy atom. The third-order valence-corrected chi connectivity index (χ3v) is 6.52. The van der Waals surface area contributed by atoms with E-state index in [1.54, 1.807) is 80.9 Å². The van der Waals surface area contributed by atoms with Gasteiger partial charge < -0.3 is 19.5 Å². The summed E-state index contributed by atoms with van der Waals surface area (Å²) in [5.74, 6) is 0.00103. The van der Waals surface area contributed by atoms with E-state index in [2.05, 4.69) is 5.32 Å². The minimum absolute atomic E-state index is 0.141. The number of carbonyl (C=O) groups is 2. The molecule has 5 aromatic rings. The number of rotatable bonds is 8. The molecule has 212 valence electrons. The summed E-state index contributed by atoms with van der Waals surface area (Å²) in [7, 11) is 3.09. The number of methoxy groups -OCH3 is 2. The highest BCUT2D eigenvalue weighted by atomic mass is 19.1. The van der Waals surface area contributed by atoms with E-state index in [0.29, 0.717) is 50.8 Å².